The van der Waals surface area contributed by atoms with Gasteiger partial charge in [-0.3, -0.25) is 4.79 Å². The number of halogens is 1. The average Bonchev–Trinajstić information content (AvgIpc) is 3.44. The van der Waals surface area contributed by atoms with Crippen molar-refractivity contribution in [2.24, 2.45) is 5.10 Å². The van der Waals surface area contributed by atoms with Crippen LogP contribution in [0.4, 0.5) is 5.69 Å². The van der Waals surface area contributed by atoms with E-state index in [2.05, 4.69) is 31.4 Å². The molecule has 0 bridgehead atoms. The number of nitrogens with zero attached hydrogens (tertiary/aromatic N) is 2. The summed E-state index contributed by atoms with van der Waals surface area (Å²) in [5, 5.41) is 13.3. The summed E-state index contributed by atoms with van der Waals surface area (Å²) in [7, 11) is 0. The Hall–Kier alpha value is -3.85. The number of carboxylic acid groups (broad SMARTS) is 1. The third-order valence-corrected chi connectivity index (χ3v) is 6.46. The summed E-state index contributed by atoms with van der Waals surface area (Å²) in [5.41, 5.74) is 5.84. The smallest absolute Gasteiger partial charge is 0.335 e. The van der Waals surface area contributed by atoms with Gasteiger partial charge in [-0.15, -0.1) is 0 Å². The molecule has 1 aliphatic rings. The summed E-state index contributed by atoms with van der Waals surface area (Å²) in [6, 6.07) is 17.7. The fraction of sp³-hybridized carbons (Fsp3) is 0.250. The van der Waals surface area contributed by atoms with E-state index in [1.165, 1.54) is 25.1 Å². The van der Waals surface area contributed by atoms with E-state index in [1.54, 1.807) is 42.5 Å². The second-order valence-electron chi connectivity index (χ2n) is 8.50. The number of ether oxygens (including phenoxy) is 2. The highest BCUT2D eigenvalue weighted by Crippen LogP contribution is 2.37. The van der Waals surface area contributed by atoms with Crippen LogP contribution >= 0.6 is 15.9 Å². The number of nitrogens with one attached hydrogen (secondary N) is 1. The number of carboxylic acids is 1. The van der Waals surface area contributed by atoms with Gasteiger partial charge < -0.3 is 19.5 Å². The molecule has 1 amide bonds. The normalized spacial score (nSPS) is 13.1. The maximum atomic E-state index is 12.5. The van der Waals surface area contributed by atoms with Gasteiger partial charge in [-0.25, -0.2) is 10.2 Å². The van der Waals surface area contributed by atoms with E-state index < -0.39 is 5.97 Å². The van der Waals surface area contributed by atoms with Crippen LogP contribution in [-0.4, -0.2) is 42.9 Å². The standard InChI is InChI=1S/C28H28BrN3O5/c1-2-36-25-16-20(15-24(29)26(25)37-18-19-6-5-7-22(14-19)28(34)35)17-30-31-27(33)21-8-10-23(11-9-21)32-12-3-4-13-32/h5-11,14-17H,2-4,12-13,18H2,1H3,(H,31,33)(H,34,35)/b30-17-. The van der Waals surface area contributed by atoms with Gasteiger partial charge in [0.1, 0.15) is 6.61 Å². The Morgan fingerprint density at radius 3 is 2.51 bits per heavy atom. The molecule has 37 heavy (non-hydrogen) atoms. The number of hydrogen-bond donors (Lipinski definition) is 2. The second kappa shape index (κ2) is 12.4. The lowest BCUT2D eigenvalue weighted by molar-refractivity contribution is 0.0696. The zero-order chi connectivity index (χ0) is 26.2. The van der Waals surface area contributed by atoms with Gasteiger partial charge in [0, 0.05) is 24.3 Å². The van der Waals surface area contributed by atoms with Crippen LogP contribution in [0.5, 0.6) is 11.5 Å². The molecule has 1 aliphatic heterocycles. The molecule has 0 aliphatic carbocycles. The van der Waals surface area contributed by atoms with Gasteiger partial charge in [0.15, 0.2) is 11.5 Å². The van der Waals surface area contributed by atoms with E-state index in [9.17, 15) is 14.7 Å². The Labute approximate surface area is 224 Å². The van der Waals surface area contributed by atoms with Gasteiger partial charge in [0.05, 0.1) is 22.9 Å². The highest BCUT2D eigenvalue weighted by Gasteiger charge is 2.14. The molecular formula is C28H28BrN3O5. The average molecular weight is 566 g/mol. The number of aromatic carboxylic acids is 1. The molecule has 9 heteroatoms. The lowest BCUT2D eigenvalue weighted by atomic mass is 10.1. The molecule has 0 atom stereocenters. The first-order chi connectivity index (χ1) is 17.9. The van der Waals surface area contributed by atoms with Crippen molar-refractivity contribution in [1.82, 2.24) is 5.43 Å². The fourth-order valence-corrected chi connectivity index (χ4v) is 4.62. The molecule has 3 aromatic rings. The minimum Gasteiger partial charge on any atom is -0.490 e. The van der Waals surface area contributed by atoms with Crippen molar-refractivity contribution in [3.8, 4) is 11.5 Å². The molecule has 1 saturated heterocycles. The van der Waals surface area contributed by atoms with Gasteiger partial charge in [-0.1, -0.05) is 12.1 Å². The van der Waals surface area contributed by atoms with Crippen molar-refractivity contribution >= 4 is 39.7 Å². The van der Waals surface area contributed by atoms with Crippen LogP contribution in [0.25, 0.3) is 0 Å². The van der Waals surface area contributed by atoms with Crippen LogP contribution in [0.1, 0.15) is 51.6 Å². The van der Waals surface area contributed by atoms with E-state index in [4.69, 9.17) is 9.47 Å². The first-order valence-electron chi connectivity index (χ1n) is 12.0. The zero-order valence-corrected chi connectivity index (χ0v) is 22.0. The zero-order valence-electron chi connectivity index (χ0n) is 20.4. The monoisotopic (exact) mass is 565 g/mol. The quantitative estimate of drug-likeness (QED) is 0.249. The summed E-state index contributed by atoms with van der Waals surface area (Å²) in [6.45, 7) is 4.56. The first-order valence-corrected chi connectivity index (χ1v) is 12.8. The molecule has 1 heterocycles. The van der Waals surface area contributed by atoms with Crippen molar-refractivity contribution in [2.45, 2.75) is 26.4 Å². The van der Waals surface area contributed by atoms with Gasteiger partial charge in [-0.05, 0) is 95.4 Å². The number of hydrazone groups is 1. The summed E-state index contributed by atoms with van der Waals surface area (Å²) < 4.78 is 12.4. The fourth-order valence-electron chi connectivity index (χ4n) is 4.04. The van der Waals surface area contributed by atoms with Crippen LogP contribution in [0.2, 0.25) is 0 Å². The molecule has 0 aromatic heterocycles. The third-order valence-electron chi connectivity index (χ3n) is 5.87. The Morgan fingerprint density at radius 1 is 1.05 bits per heavy atom. The summed E-state index contributed by atoms with van der Waals surface area (Å²) >= 11 is 3.52. The number of amides is 1. The van der Waals surface area contributed by atoms with E-state index in [1.807, 2.05) is 19.1 Å². The van der Waals surface area contributed by atoms with E-state index >= 15 is 0 Å². The Bertz CT molecular complexity index is 1290. The van der Waals surface area contributed by atoms with Gasteiger partial charge in [0.2, 0.25) is 0 Å². The van der Waals surface area contributed by atoms with Crippen LogP contribution in [-0.2, 0) is 6.61 Å². The van der Waals surface area contributed by atoms with Crippen LogP contribution in [0.15, 0.2) is 70.2 Å². The van der Waals surface area contributed by atoms with Crippen LogP contribution in [0.3, 0.4) is 0 Å². The van der Waals surface area contributed by atoms with Gasteiger partial charge in [0.25, 0.3) is 5.91 Å². The number of carbonyl (C=O) groups is 2. The molecule has 192 valence electrons. The first kappa shape index (κ1) is 26.2. The molecule has 3 aromatic carbocycles. The second-order valence-corrected chi connectivity index (χ2v) is 9.35. The predicted octanol–water partition coefficient (Wildman–Crippen LogP) is 5.49. The summed E-state index contributed by atoms with van der Waals surface area (Å²) in [5.74, 6) is -0.303. The van der Waals surface area contributed by atoms with Crippen molar-refractivity contribution in [3.05, 3.63) is 87.4 Å². The number of anilines is 1. The van der Waals surface area contributed by atoms with E-state index in [0.717, 1.165) is 24.3 Å². The Balaban J connectivity index is 1.41. The Morgan fingerprint density at radius 2 is 1.81 bits per heavy atom. The SMILES string of the molecule is CCOc1cc(/C=N\NC(=O)c2ccc(N3CCCC3)cc2)cc(Br)c1OCc1cccc(C(=O)O)c1. The van der Waals surface area contributed by atoms with Crippen LogP contribution < -0.4 is 19.8 Å². The van der Waals surface area contributed by atoms with Crippen molar-refractivity contribution < 1.29 is 24.2 Å². The van der Waals surface area contributed by atoms with Gasteiger partial charge >= 0.3 is 5.97 Å². The predicted molar refractivity (Wildman–Crippen MR) is 146 cm³/mol. The molecule has 1 fully saturated rings. The minimum atomic E-state index is -0.993. The summed E-state index contributed by atoms with van der Waals surface area (Å²) in [4.78, 5) is 26.0. The molecule has 2 N–H and O–H groups in total. The number of carbonyl (C=O) groups excluding carboxylic acids is 1. The molecule has 0 radical (unpaired) electrons. The molecular weight excluding hydrogens is 538 g/mol. The molecule has 8 nitrogen and oxygen atoms in total. The molecule has 0 saturated carbocycles. The molecule has 0 unspecified atom stereocenters. The minimum absolute atomic E-state index is 0.167. The van der Waals surface area contributed by atoms with E-state index in [-0.39, 0.29) is 18.1 Å². The van der Waals surface area contributed by atoms with E-state index in [0.29, 0.717) is 33.7 Å². The largest absolute Gasteiger partial charge is 0.490 e. The van der Waals surface area contributed by atoms with Crippen molar-refractivity contribution in [1.29, 1.82) is 0 Å². The lowest BCUT2D eigenvalue weighted by Gasteiger charge is -2.17. The third kappa shape index (κ3) is 6.89. The number of benzene rings is 3. The Kier molecular flexibility index (Phi) is 8.79. The number of hydrogen-bond acceptors (Lipinski definition) is 6. The van der Waals surface area contributed by atoms with Crippen molar-refractivity contribution in [2.75, 3.05) is 24.6 Å². The number of rotatable bonds is 10. The highest BCUT2D eigenvalue weighted by molar-refractivity contribution is 9.10. The maximum absolute atomic E-state index is 12.5. The summed E-state index contributed by atoms with van der Waals surface area (Å²) in [6.07, 6.45) is 3.93. The lowest BCUT2D eigenvalue weighted by Crippen LogP contribution is -2.19. The van der Waals surface area contributed by atoms with Gasteiger partial charge in [-0.2, -0.15) is 5.10 Å². The maximum Gasteiger partial charge on any atom is 0.335 e. The van der Waals surface area contributed by atoms with Crippen molar-refractivity contribution in [3.63, 3.8) is 0 Å². The highest BCUT2D eigenvalue weighted by atomic mass is 79.9. The topological polar surface area (TPSA) is 100 Å². The molecule has 4 rings (SSSR count). The van der Waals surface area contributed by atoms with Crippen LogP contribution in [0, 0.1) is 0 Å². The molecule has 0 spiro atoms.